The summed E-state index contributed by atoms with van der Waals surface area (Å²) in [6.07, 6.45) is 5.10. The summed E-state index contributed by atoms with van der Waals surface area (Å²) < 4.78 is 1.70. The molecule has 122 valence electrons. The highest BCUT2D eigenvalue weighted by Gasteiger charge is 2.32. The molecule has 7 heteroatoms. The lowest BCUT2D eigenvalue weighted by Crippen LogP contribution is -2.33. The molecule has 0 aliphatic heterocycles. The molecule has 2 atom stereocenters. The zero-order chi connectivity index (χ0) is 16.7. The average Bonchev–Trinajstić information content (AvgIpc) is 3.27. The van der Waals surface area contributed by atoms with Crippen molar-refractivity contribution in [2.45, 2.75) is 18.6 Å². The largest absolute Gasteiger partial charge is 0.390 e. The molecule has 4 rings (SSSR count). The van der Waals surface area contributed by atoms with E-state index in [4.69, 9.17) is 0 Å². The molecule has 0 saturated carbocycles. The van der Waals surface area contributed by atoms with Gasteiger partial charge in [0.05, 0.1) is 24.5 Å². The lowest BCUT2D eigenvalue weighted by atomic mass is 10.1. The van der Waals surface area contributed by atoms with Crippen molar-refractivity contribution < 1.29 is 9.90 Å². The maximum Gasteiger partial charge on any atom is 0.263 e. The first-order valence-corrected chi connectivity index (χ1v) is 8.45. The lowest BCUT2D eigenvalue weighted by molar-refractivity contribution is 0.0862. The van der Waals surface area contributed by atoms with E-state index in [9.17, 15) is 9.90 Å². The van der Waals surface area contributed by atoms with Crippen LogP contribution in [0.1, 0.15) is 26.8 Å². The fraction of sp³-hybridized carbons (Fsp3) is 0.235. The zero-order valence-electron chi connectivity index (χ0n) is 13.0. The number of rotatable bonds is 3. The molecule has 24 heavy (non-hydrogen) atoms. The Kier molecular flexibility index (Phi) is 3.66. The predicted molar refractivity (Wildman–Crippen MR) is 90.7 cm³/mol. The Hall–Kier alpha value is -2.51. The molecule has 6 nitrogen and oxygen atoms in total. The standard InChI is InChI=1S/C17H16N4O2S/c1-21-9-11(7-19-21)17-18-8-14(24-17)16(23)20-15-12-5-3-2-4-10(12)6-13(15)22/h2-5,7-9,13,15,22H,6H2,1H3,(H,20,23). The van der Waals surface area contributed by atoms with Gasteiger partial charge in [0.15, 0.2) is 0 Å². The highest BCUT2D eigenvalue weighted by atomic mass is 32.1. The van der Waals surface area contributed by atoms with Crippen molar-refractivity contribution in [1.29, 1.82) is 0 Å². The first-order chi connectivity index (χ1) is 11.6. The number of amides is 1. The first kappa shape index (κ1) is 15.0. The van der Waals surface area contributed by atoms with Crippen LogP contribution in [0.5, 0.6) is 0 Å². The molecule has 0 spiro atoms. The molecule has 2 heterocycles. The van der Waals surface area contributed by atoms with Crippen molar-refractivity contribution in [3.63, 3.8) is 0 Å². The zero-order valence-corrected chi connectivity index (χ0v) is 13.8. The van der Waals surface area contributed by atoms with Crippen LogP contribution in [0.3, 0.4) is 0 Å². The number of hydrogen-bond donors (Lipinski definition) is 2. The minimum Gasteiger partial charge on any atom is -0.390 e. The Morgan fingerprint density at radius 2 is 2.21 bits per heavy atom. The number of aliphatic hydroxyl groups excluding tert-OH is 1. The number of thiazole rings is 1. The Morgan fingerprint density at radius 3 is 3.00 bits per heavy atom. The molecule has 0 saturated heterocycles. The first-order valence-electron chi connectivity index (χ1n) is 7.63. The molecule has 0 radical (unpaired) electrons. The van der Waals surface area contributed by atoms with Crippen LogP contribution in [0.15, 0.2) is 42.9 Å². The van der Waals surface area contributed by atoms with Gasteiger partial charge in [-0.1, -0.05) is 24.3 Å². The summed E-state index contributed by atoms with van der Waals surface area (Å²) in [4.78, 5) is 17.4. The summed E-state index contributed by atoms with van der Waals surface area (Å²) in [5.74, 6) is -0.219. The fourth-order valence-corrected chi connectivity index (χ4v) is 3.80. The third-order valence-electron chi connectivity index (χ3n) is 4.17. The van der Waals surface area contributed by atoms with Gasteiger partial charge in [-0.05, 0) is 11.1 Å². The second-order valence-electron chi connectivity index (χ2n) is 5.85. The number of nitrogens with zero attached hydrogens (tertiary/aromatic N) is 3. The molecule has 1 aliphatic rings. The van der Waals surface area contributed by atoms with E-state index in [1.807, 2.05) is 37.5 Å². The summed E-state index contributed by atoms with van der Waals surface area (Å²) in [6.45, 7) is 0. The highest BCUT2D eigenvalue weighted by molar-refractivity contribution is 7.16. The molecule has 2 aromatic heterocycles. The van der Waals surface area contributed by atoms with E-state index in [0.717, 1.165) is 21.7 Å². The minimum absolute atomic E-state index is 0.219. The topological polar surface area (TPSA) is 80.0 Å². The molecule has 3 aromatic rings. The SMILES string of the molecule is Cn1cc(-c2ncc(C(=O)NC3c4ccccc4CC3O)s2)cn1. The van der Waals surface area contributed by atoms with Crippen LogP contribution in [-0.4, -0.2) is 31.9 Å². The van der Waals surface area contributed by atoms with E-state index in [1.165, 1.54) is 11.3 Å². The summed E-state index contributed by atoms with van der Waals surface area (Å²) in [5, 5.41) is 18.1. The van der Waals surface area contributed by atoms with E-state index >= 15 is 0 Å². The van der Waals surface area contributed by atoms with Gasteiger partial charge in [0.1, 0.15) is 9.88 Å². The van der Waals surface area contributed by atoms with E-state index in [0.29, 0.717) is 11.3 Å². The summed E-state index contributed by atoms with van der Waals surface area (Å²) >= 11 is 1.32. The summed E-state index contributed by atoms with van der Waals surface area (Å²) in [5.41, 5.74) is 2.94. The van der Waals surface area contributed by atoms with Gasteiger partial charge in [-0.15, -0.1) is 11.3 Å². The molecular weight excluding hydrogens is 324 g/mol. The number of carbonyl (C=O) groups is 1. The minimum atomic E-state index is -0.600. The number of aryl methyl sites for hydroxylation is 1. The van der Waals surface area contributed by atoms with Gasteiger partial charge < -0.3 is 10.4 Å². The van der Waals surface area contributed by atoms with Crippen molar-refractivity contribution in [2.24, 2.45) is 7.05 Å². The number of aromatic nitrogens is 3. The predicted octanol–water partition coefficient (Wildman–Crippen LogP) is 1.93. The van der Waals surface area contributed by atoms with Crippen LogP contribution in [-0.2, 0) is 13.5 Å². The maximum atomic E-state index is 12.5. The van der Waals surface area contributed by atoms with Gasteiger partial charge in [0.25, 0.3) is 5.91 Å². The number of fused-ring (bicyclic) bond motifs is 1. The van der Waals surface area contributed by atoms with Gasteiger partial charge >= 0.3 is 0 Å². The lowest BCUT2D eigenvalue weighted by Gasteiger charge is -2.17. The smallest absolute Gasteiger partial charge is 0.263 e. The third-order valence-corrected chi connectivity index (χ3v) is 5.22. The van der Waals surface area contributed by atoms with Gasteiger partial charge in [-0.25, -0.2) is 4.98 Å². The Morgan fingerprint density at radius 1 is 1.38 bits per heavy atom. The quantitative estimate of drug-likeness (QED) is 0.763. The molecule has 0 fully saturated rings. The molecule has 1 aromatic carbocycles. The van der Waals surface area contributed by atoms with Crippen molar-refractivity contribution in [1.82, 2.24) is 20.1 Å². The van der Waals surface area contributed by atoms with E-state index in [1.54, 1.807) is 17.1 Å². The molecule has 1 aliphatic carbocycles. The summed E-state index contributed by atoms with van der Waals surface area (Å²) in [7, 11) is 1.84. The van der Waals surface area contributed by atoms with E-state index in [2.05, 4.69) is 15.4 Å². The van der Waals surface area contributed by atoms with Crippen LogP contribution < -0.4 is 5.32 Å². The maximum absolute atomic E-state index is 12.5. The van der Waals surface area contributed by atoms with Crippen molar-refractivity contribution in [2.75, 3.05) is 0 Å². The van der Waals surface area contributed by atoms with Crippen molar-refractivity contribution >= 4 is 17.2 Å². The normalized spacial score (nSPS) is 19.2. The van der Waals surface area contributed by atoms with Gasteiger partial charge in [0, 0.05) is 25.2 Å². The van der Waals surface area contributed by atoms with Crippen LogP contribution in [0.2, 0.25) is 0 Å². The average molecular weight is 340 g/mol. The molecule has 0 bridgehead atoms. The fourth-order valence-electron chi connectivity index (χ4n) is 3.00. The molecule has 2 unspecified atom stereocenters. The van der Waals surface area contributed by atoms with Crippen LogP contribution >= 0.6 is 11.3 Å². The van der Waals surface area contributed by atoms with Crippen LogP contribution in [0, 0.1) is 0 Å². The number of aliphatic hydroxyl groups is 1. The molecular formula is C17H16N4O2S. The molecule has 2 N–H and O–H groups in total. The van der Waals surface area contributed by atoms with E-state index < -0.39 is 6.10 Å². The van der Waals surface area contributed by atoms with Crippen LogP contribution in [0.4, 0.5) is 0 Å². The van der Waals surface area contributed by atoms with Gasteiger partial charge in [0.2, 0.25) is 0 Å². The Balaban J connectivity index is 1.54. The highest BCUT2D eigenvalue weighted by Crippen LogP contribution is 2.32. The van der Waals surface area contributed by atoms with Crippen molar-refractivity contribution in [3.05, 3.63) is 58.9 Å². The second kappa shape index (κ2) is 5.85. The Bertz CT molecular complexity index is 901. The third kappa shape index (κ3) is 2.61. The number of benzene rings is 1. The number of hydrogen-bond acceptors (Lipinski definition) is 5. The molecule has 1 amide bonds. The van der Waals surface area contributed by atoms with Gasteiger partial charge in [-0.3, -0.25) is 9.48 Å². The number of nitrogens with one attached hydrogen (secondary N) is 1. The number of carbonyl (C=O) groups excluding carboxylic acids is 1. The van der Waals surface area contributed by atoms with Crippen LogP contribution in [0.25, 0.3) is 10.6 Å². The van der Waals surface area contributed by atoms with E-state index in [-0.39, 0.29) is 11.9 Å². The Labute approximate surface area is 142 Å². The second-order valence-corrected chi connectivity index (χ2v) is 6.88. The monoisotopic (exact) mass is 340 g/mol. The van der Waals surface area contributed by atoms with Crippen molar-refractivity contribution in [3.8, 4) is 10.6 Å². The van der Waals surface area contributed by atoms with Gasteiger partial charge in [-0.2, -0.15) is 5.10 Å². The summed E-state index contributed by atoms with van der Waals surface area (Å²) in [6, 6.07) is 7.42.